The van der Waals surface area contributed by atoms with E-state index in [-0.39, 0.29) is 8.92 Å². The molecule has 2 aliphatic heterocycles. The monoisotopic (exact) mass is 822 g/mol. The molecular weight excluding hydrogens is 776 g/mol. The minimum Gasteiger partial charge on any atom is -0.179 e. The summed E-state index contributed by atoms with van der Waals surface area (Å²) in [6.45, 7) is 4.60. The Hall–Kier alpha value is 5.13. The average Bonchev–Trinajstić information content (AvgIpc) is 2.93. The van der Waals surface area contributed by atoms with Gasteiger partial charge in [0.1, 0.15) is 4.84 Å². The molecule has 0 saturated carbocycles. The Morgan fingerprint density at radius 2 is 0.897 bits per heavy atom. The van der Waals surface area contributed by atoms with Crippen LogP contribution in [-0.4, -0.2) is 110 Å². The number of rotatable bonds is 18. The number of alkyl halides is 2. The first-order chi connectivity index (χ1) is 18.8. The van der Waals surface area contributed by atoms with E-state index in [1.54, 1.807) is 0 Å². The molecule has 2 heterocycles. The molecule has 15 heteroatoms. The summed E-state index contributed by atoms with van der Waals surface area (Å²) in [6, 6.07) is 0. The molecule has 0 amide bonds. The summed E-state index contributed by atoms with van der Waals surface area (Å²) in [7, 11) is 0. The van der Waals surface area contributed by atoms with Gasteiger partial charge in [0, 0.05) is 46.0 Å². The lowest BCUT2D eigenvalue weighted by molar-refractivity contribution is 0.945. The number of halogens is 2. The lowest BCUT2D eigenvalue weighted by Gasteiger charge is -2.38. The van der Waals surface area contributed by atoms with Crippen LogP contribution in [0.5, 0.6) is 0 Å². The van der Waals surface area contributed by atoms with E-state index < -0.39 is 0 Å². The Morgan fingerprint density at radius 1 is 0.564 bits per heavy atom. The highest BCUT2D eigenvalue weighted by Crippen LogP contribution is 2.52. The van der Waals surface area contributed by atoms with Gasteiger partial charge in [0.15, 0.2) is 0 Å². The minimum absolute atomic E-state index is 0.0430. The Kier molecular flexibility index (Phi) is 34.5. The van der Waals surface area contributed by atoms with E-state index >= 15 is 0 Å². The molecule has 0 aromatic carbocycles. The van der Waals surface area contributed by atoms with E-state index in [2.05, 4.69) is 111 Å². The van der Waals surface area contributed by atoms with Gasteiger partial charge in [-0.05, 0) is 72.7 Å². The van der Waals surface area contributed by atoms with E-state index in [0.29, 0.717) is 4.08 Å². The van der Waals surface area contributed by atoms with Gasteiger partial charge in [0.2, 0.25) is 0 Å². The zero-order chi connectivity index (χ0) is 29.2. The van der Waals surface area contributed by atoms with Crippen LogP contribution in [0.3, 0.4) is 0 Å². The number of hydrogen-bond acceptors (Lipinski definition) is 13. The maximum atomic E-state index is 5.82. The Labute approximate surface area is 311 Å². The van der Waals surface area contributed by atoms with Crippen molar-refractivity contribution in [2.45, 2.75) is 44.3 Å². The molecule has 0 aliphatic carbocycles. The second-order valence-corrected chi connectivity index (χ2v) is 24.2. The van der Waals surface area contributed by atoms with E-state index in [1.807, 2.05) is 58.8 Å². The van der Waals surface area contributed by atoms with Crippen LogP contribution < -0.4 is 0 Å². The standard InChI is InChI=1S/C14H28S8.C6H10Cl2S2.C4H10S3/c1-14(21-5-2-6-22-14)13(19-11-9-17-7-3-15)20-12-10-18-8-4-16;1-6(5(7)8)9-3-2-4-10-6;5-1-3-7-4-2-6/h13,15-16H,2-12H2,1H3;5H,2-4H2,1H3;5-6H,1-4H2. The first-order valence-electron chi connectivity index (χ1n) is 13.0. The zero-order valence-corrected chi connectivity index (χ0v) is 35.5. The molecule has 2 rings (SSSR count). The highest BCUT2D eigenvalue weighted by Gasteiger charge is 2.37. The van der Waals surface area contributed by atoms with Crippen molar-refractivity contribution >= 4 is 180 Å². The van der Waals surface area contributed by atoms with Crippen LogP contribution in [0.25, 0.3) is 0 Å². The average molecular weight is 824 g/mol. The Bertz CT molecular complexity index is 504. The number of thiol groups is 4. The summed E-state index contributed by atoms with van der Waals surface area (Å²) in [6.07, 6.45) is 2.66. The Morgan fingerprint density at radius 3 is 1.21 bits per heavy atom. The van der Waals surface area contributed by atoms with Crippen molar-refractivity contribution in [2.75, 3.05) is 92.0 Å². The molecule has 2 saturated heterocycles. The van der Waals surface area contributed by atoms with Crippen molar-refractivity contribution in [3.05, 3.63) is 0 Å². The summed E-state index contributed by atoms with van der Waals surface area (Å²) >= 11 is 46.8. The maximum absolute atomic E-state index is 5.82. The molecule has 0 N–H and O–H groups in total. The van der Waals surface area contributed by atoms with Crippen LogP contribution in [0, 0.1) is 0 Å². The van der Waals surface area contributed by atoms with Gasteiger partial charge in [-0.25, -0.2) is 0 Å². The van der Waals surface area contributed by atoms with Gasteiger partial charge >= 0.3 is 0 Å². The molecule has 2 fully saturated rings. The lowest BCUT2D eigenvalue weighted by atomic mass is 10.5. The molecule has 0 radical (unpaired) electrons. The molecule has 0 atom stereocenters. The van der Waals surface area contributed by atoms with Gasteiger partial charge in [-0.3, -0.25) is 0 Å². The highest BCUT2D eigenvalue weighted by molar-refractivity contribution is 8.25. The predicted octanol–water partition coefficient (Wildman–Crippen LogP) is 10.6. The van der Waals surface area contributed by atoms with E-state index in [4.69, 9.17) is 23.2 Å². The van der Waals surface area contributed by atoms with Crippen molar-refractivity contribution < 1.29 is 0 Å². The van der Waals surface area contributed by atoms with Crippen molar-refractivity contribution in [3.63, 3.8) is 0 Å². The van der Waals surface area contributed by atoms with Gasteiger partial charge in [0.25, 0.3) is 0 Å². The summed E-state index contributed by atoms with van der Waals surface area (Å²) in [5.41, 5.74) is 0. The third-order valence-corrected chi connectivity index (χ3v) is 22.3. The van der Waals surface area contributed by atoms with Crippen LogP contribution in [0.15, 0.2) is 0 Å². The fraction of sp³-hybridized carbons (Fsp3) is 1.00. The topological polar surface area (TPSA) is 0 Å². The summed E-state index contributed by atoms with van der Waals surface area (Å²) in [4.78, 5) is -0.247. The minimum atomic E-state index is -0.247. The molecule has 0 aromatic rings. The van der Waals surface area contributed by atoms with Crippen molar-refractivity contribution in [1.29, 1.82) is 0 Å². The molecular formula is C24H48Cl2S13. The highest BCUT2D eigenvalue weighted by atomic mass is 35.5. The van der Waals surface area contributed by atoms with Gasteiger partial charge in [-0.2, -0.15) is 85.8 Å². The predicted molar refractivity (Wildman–Crippen MR) is 227 cm³/mol. The third kappa shape index (κ3) is 24.0. The summed E-state index contributed by atoms with van der Waals surface area (Å²) < 4.78 is 1.16. The lowest BCUT2D eigenvalue weighted by Crippen LogP contribution is -2.32. The van der Waals surface area contributed by atoms with Gasteiger partial charge < -0.3 is 0 Å². The van der Waals surface area contributed by atoms with E-state index in [9.17, 15) is 0 Å². The van der Waals surface area contributed by atoms with E-state index in [1.165, 1.54) is 70.4 Å². The van der Waals surface area contributed by atoms with Crippen LogP contribution in [0.1, 0.15) is 26.7 Å². The molecule has 2 aliphatic rings. The van der Waals surface area contributed by atoms with Gasteiger partial charge in [-0.15, -0.1) is 93.8 Å². The van der Waals surface area contributed by atoms with Crippen molar-refractivity contribution in [2.24, 2.45) is 0 Å². The fourth-order valence-corrected chi connectivity index (χ4v) is 17.0. The quantitative estimate of drug-likeness (QED) is 0.0458. The molecule has 0 bridgehead atoms. The summed E-state index contributed by atoms with van der Waals surface area (Å²) in [5, 5.41) is 0. The number of thioether (sulfide) groups is 9. The fourth-order valence-electron chi connectivity index (χ4n) is 2.91. The smallest absolute Gasteiger partial charge is 0.131 e. The van der Waals surface area contributed by atoms with Crippen molar-refractivity contribution in [1.82, 2.24) is 0 Å². The molecule has 236 valence electrons. The molecule has 0 aromatic heterocycles. The molecule has 0 nitrogen and oxygen atoms in total. The van der Waals surface area contributed by atoms with Crippen LogP contribution >= 0.6 is 180 Å². The molecule has 0 unspecified atom stereocenters. The van der Waals surface area contributed by atoms with Crippen LogP contribution in [0.2, 0.25) is 0 Å². The second-order valence-electron chi connectivity index (χ2n) is 8.24. The third-order valence-electron chi connectivity index (χ3n) is 4.89. The SMILES string of the molecule is CC1(C(Cl)Cl)SCCCS1.CC1(C(SCCSCCS)SCCSCCS)SCCCS1.SCCSCCS. The second kappa shape index (κ2) is 30.5. The first-order valence-corrected chi connectivity index (χ1v) is 25.9. The molecule has 0 spiro atoms. The molecule has 39 heavy (non-hydrogen) atoms. The van der Waals surface area contributed by atoms with Crippen molar-refractivity contribution in [3.8, 4) is 0 Å². The normalized spacial score (nSPS) is 18.3. The van der Waals surface area contributed by atoms with Crippen LogP contribution in [-0.2, 0) is 0 Å². The number of hydrogen-bond donors (Lipinski definition) is 4. The van der Waals surface area contributed by atoms with E-state index in [0.717, 1.165) is 39.1 Å². The summed E-state index contributed by atoms with van der Waals surface area (Å²) in [5.74, 6) is 18.8. The Balaban J connectivity index is 0.000000694. The largest absolute Gasteiger partial charge is 0.179 e. The first kappa shape index (κ1) is 44.1. The van der Waals surface area contributed by atoms with Gasteiger partial charge in [-0.1, -0.05) is 0 Å². The maximum Gasteiger partial charge on any atom is 0.131 e. The zero-order valence-electron chi connectivity index (χ0n) is 23.1. The van der Waals surface area contributed by atoms with Gasteiger partial charge in [0.05, 0.1) is 12.7 Å². The van der Waals surface area contributed by atoms with Crippen LogP contribution in [0.4, 0.5) is 0 Å².